The number of nitrogens with one attached hydrogen (secondary N) is 1. The van der Waals surface area contributed by atoms with Gasteiger partial charge in [0.2, 0.25) is 0 Å². The van der Waals surface area contributed by atoms with E-state index >= 15 is 0 Å². The zero-order valence-corrected chi connectivity index (χ0v) is 6.55. The lowest BCUT2D eigenvalue weighted by atomic mass is 9.99. The summed E-state index contributed by atoms with van der Waals surface area (Å²) < 4.78 is 13.1. The number of benzene rings is 1. The van der Waals surface area contributed by atoms with Crippen molar-refractivity contribution in [3.63, 3.8) is 0 Å². The van der Waals surface area contributed by atoms with Crippen LogP contribution in [0, 0.1) is 5.82 Å². The van der Waals surface area contributed by atoms with Crippen LogP contribution in [-0.2, 0) is 6.42 Å². The average molecular weight is 167 g/mol. The fourth-order valence-electron chi connectivity index (χ4n) is 1.54. The van der Waals surface area contributed by atoms with E-state index in [-0.39, 0.29) is 5.82 Å². The van der Waals surface area contributed by atoms with Crippen molar-refractivity contribution in [1.82, 2.24) is 5.32 Å². The highest BCUT2D eigenvalue weighted by atomic mass is 19.1. The Morgan fingerprint density at radius 1 is 1.50 bits per heavy atom. The maximum absolute atomic E-state index is 13.1. The highest BCUT2D eigenvalue weighted by molar-refractivity contribution is 5.32. The van der Waals surface area contributed by atoms with Crippen molar-refractivity contribution in [2.24, 2.45) is 0 Å². The van der Waals surface area contributed by atoms with Crippen LogP contribution in [0.3, 0.4) is 0 Å². The summed E-state index contributed by atoms with van der Waals surface area (Å²) in [6, 6.07) is 4.79. The number of fused-ring (bicyclic) bond motifs is 1. The summed E-state index contributed by atoms with van der Waals surface area (Å²) in [5, 5.41) is 12.3. The molecule has 1 aliphatic heterocycles. The van der Waals surface area contributed by atoms with Crippen molar-refractivity contribution >= 4 is 0 Å². The van der Waals surface area contributed by atoms with Gasteiger partial charge in [0, 0.05) is 12.1 Å². The van der Waals surface area contributed by atoms with Gasteiger partial charge in [-0.25, -0.2) is 4.39 Å². The molecule has 0 fully saturated rings. The van der Waals surface area contributed by atoms with Crippen LogP contribution in [0.1, 0.15) is 17.4 Å². The minimum absolute atomic E-state index is 0.215. The molecule has 0 spiro atoms. The Balaban J connectivity index is 2.52. The Morgan fingerprint density at radius 3 is 3.08 bits per heavy atom. The summed E-state index contributed by atoms with van der Waals surface area (Å²) in [6.45, 7) is 0.634. The third-order valence-corrected chi connectivity index (χ3v) is 2.16. The van der Waals surface area contributed by atoms with Gasteiger partial charge in [-0.05, 0) is 18.1 Å². The molecular weight excluding hydrogens is 157 g/mol. The van der Waals surface area contributed by atoms with Gasteiger partial charge in [0.15, 0.2) is 0 Å². The minimum atomic E-state index is -0.704. The standard InChI is InChI=1S/C9H10FNO/c10-8-3-1-2-7-6(8)4-5-11-9(7)12/h1-3,9,11-12H,4-5H2. The number of rotatable bonds is 0. The molecule has 2 rings (SSSR count). The summed E-state index contributed by atoms with van der Waals surface area (Å²) in [5.41, 5.74) is 1.31. The Morgan fingerprint density at radius 2 is 2.33 bits per heavy atom. The van der Waals surface area contributed by atoms with Gasteiger partial charge in [0.25, 0.3) is 0 Å². The molecule has 0 aromatic heterocycles. The molecule has 0 aliphatic carbocycles. The normalized spacial score (nSPS) is 22.0. The van der Waals surface area contributed by atoms with Crippen molar-refractivity contribution in [2.45, 2.75) is 12.6 Å². The zero-order valence-electron chi connectivity index (χ0n) is 6.55. The first kappa shape index (κ1) is 7.71. The molecule has 1 atom stereocenters. The molecule has 2 nitrogen and oxygen atoms in total. The second-order valence-electron chi connectivity index (χ2n) is 2.91. The summed E-state index contributed by atoms with van der Waals surface area (Å²) in [4.78, 5) is 0. The van der Waals surface area contributed by atoms with Crippen molar-refractivity contribution in [1.29, 1.82) is 0 Å². The van der Waals surface area contributed by atoms with E-state index in [9.17, 15) is 9.50 Å². The maximum Gasteiger partial charge on any atom is 0.131 e. The minimum Gasteiger partial charge on any atom is -0.374 e. The van der Waals surface area contributed by atoms with Crippen LogP contribution in [0.15, 0.2) is 18.2 Å². The summed E-state index contributed by atoms with van der Waals surface area (Å²) in [6.07, 6.45) is -0.0524. The molecule has 1 aromatic rings. The van der Waals surface area contributed by atoms with Crippen molar-refractivity contribution in [2.75, 3.05) is 6.54 Å². The first-order valence-electron chi connectivity index (χ1n) is 3.98. The van der Waals surface area contributed by atoms with Crippen LogP contribution in [0.4, 0.5) is 4.39 Å². The number of halogens is 1. The van der Waals surface area contributed by atoms with Gasteiger partial charge in [-0.3, -0.25) is 5.32 Å². The van der Waals surface area contributed by atoms with E-state index in [1.165, 1.54) is 6.07 Å². The molecule has 0 saturated carbocycles. The molecule has 0 amide bonds. The molecule has 64 valence electrons. The molecule has 0 bridgehead atoms. The lowest BCUT2D eigenvalue weighted by Gasteiger charge is -2.22. The Labute approximate surface area is 70.0 Å². The smallest absolute Gasteiger partial charge is 0.131 e. The van der Waals surface area contributed by atoms with Gasteiger partial charge >= 0.3 is 0 Å². The van der Waals surface area contributed by atoms with E-state index in [4.69, 9.17) is 0 Å². The highest BCUT2D eigenvalue weighted by Crippen LogP contribution is 2.22. The van der Waals surface area contributed by atoms with Crippen molar-refractivity contribution in [3.8, 4) is 0 Å². The molecule has 1 aromatic carbocycles. The molecule has 1 aliphatic rings. The summed E-state index contributed by atoms with van der Waals surface area (Å²) >= 11 is 0. The first-order chi connectivity index (χ1) is 5.79. The Hall–Kier alpha value is -0.930. The second-order valence-corrected chi connectivity index (χ2v) is 2.91. The summed E-state index contributed by atoms with van der Waals surface area (Å²) in [5.74, 6) is -0.215. The van der Waals surface area contributed by atoms with Crippen LogP contribution in [0.5, 0.6) is 0 Å². The topological polar surface area (TPSA) is 32.3 Å². The molecule has 1 unspecified atom stereocenters. The number of aliphatic hydroxyl groups excluding tert-OH is 1. The maximum atomic E-state index is 13.1. The molecule has 12 heavy (non-hydrogen) atoms. The lowest BCUT2D eigenvalue weighted by Crippen LogP contribution is -2.30. The number of aliphatic hydroxyl groups is 1. The third-order valence-electron chi connectivity index (χ3n) is 2.16. The molecule has 0 saturated heterocycles. The third kappa shape index (κ3) is 1.11. The van der Waals surface area contributed by atoms with Crippen molar-refractivity contribution < 1.29 is 9.50 Å². The van der Waals surface area contributed by atoms with E-state index in [2.05, 4.69) is 5.32 Å². The van der Waals surface area contributed by atoms with E-state index in [1.807, 2.05) is 0 Å². The van der Waals surface area contributed by atoms with Gasteiger partial charge < -0.3 is 5.11 Å². The van der Waals surface area contributed by atoms with Crippen LogP contribution < -0.4 is 5.32 Å². The van der Waals surface area contributed by atoms with Crippen LogP contribution in [0.2, 0.25) is 0 Å². The van der Waals surface area contributed by atoms with Crippen molar-refractivity contribution in [3.05, 3.63) is 35.1 Å². The van der Waals surface area contributed by atoms with E-state index in [1.54, 1.807) is 12.1 Å². The highest BCUT2D eigenvalue weighted by Gasteiger charge is 2.18. The number of hydrogen-bond donors (Lipinski definition) is 2. The van der Waals surface area contributed by atoms with E-state index < -0.39 is 6.23 Å². The van der Waals surface area contributed by atoms with Crippen LogP contribution in [-0.4, -0.2) is 11.7 Å². The molecule has 3 heteroatoms. The van der Waals surface area contributed by atoms with E-state index in [0.717, 1.165) is 0 Å². The van der Waals surface area contributed by atoms with Gasteiger partial charge in [-0.15, -0.1) is 0 Å². The average Bonchev–Trinajstić information content (AvgIpc) is 2.07. The Kier molecular flexibility index (Phi) is 1.83. The van der Waals surface area contributed by atoms with Gasteiger partial charge in [0.05, 0.1) is 0 Å². The fraction of sp³-hybridized carbons (Fsp3) is 0.333. The molecule has 0 radical (unpaired) electrons. The van der Waals surface area contributed by atoms with E-state index in [0.29, 0.717) is 24.1 Å². The van der Waals surface area contributed by atoms with Gasteiger partial charge in [-0.2, -0.15) is 0 Å². The van der Waals surface area contributed by atoms with Gasteiger partial charge in [0.1, 0.15) is 12.0 Å². The Bertz CT molecular complexity index is 301. The molecule has 2 N–H and O–H groups in total. The monoisotopic (exact) mass is 167 g/mol. The second kappa shape index (κ2) is 2.84. The number of hydrogen-bond acceptors (Lipinski definition) is 2. The largest absolute Gasteiger partial charge is 0.374 e. The predicted octanol–water partition coefficient (Wildman–Crippen LogP) is 0.962. The predicted molar refractivity (Wildman–Crippen MR) is 43.1 cm³/mol. The molecule has 1 heterocycles. The van der Waals surface area contributed by atoms with Crippen LogP contribution >= 0.6 is 0 Å². The SMILES string of the molecule is OC1NCCc2c(F)cccc21. The first-order valence-corrected chi connectivity index (χ1v) is 3.98. The van der Waals surface area contributed by atoms with Gasteiger partial charge in [-0.1, -0.05) is 12.1 Å². The zero-order chi connectivity index (χ0) is 8.55. The fourth-order valence-corrected chi connectivity index (χ4v) is 1.54. The molecular formula is C9H10FNO. The lowest BCUT2D eigenvalue weighted by molar-refractivity contribution is 0.131. The summed E-state index contributed by atoms with van der Waals surface area (Å²) in [7, 11) is 0. The quantitative estimate of drug-likeness (QED) is 0.603. The van der Waals surface area contributed by atoms with Crippen LogP contribution in [0.25, 0.3) is 0 Å².